The summed E-state index contributed by atoms with van der Waals surface area (Å²) in [7, 11) is -8.20. The molecule has 0 amide bonds. The molecule has 2 N–H and O–H groups in total. The van der Waals surface area contributed by atoms with Gasteiger partial charge < -0.3 is 4.90 Å². The minimum Gasteiger partial charge on any atom is -0.371 e. The Morgan fingerprint density at radius 2 is 1.90 bits per heavy atom. The van der Waals surface area contributed by atoms with Crippen molar-refractivity contribution in [1.29, 1.82) is 0 Å². The van der Waals surface area contributed by atoms with Crippen molar-refractivity contribution in [3.05, 3.63) is 23.8 Å². The Hall–Kier alpha value is -1.16. The largest absolute Gasteiger partial charge is 0.371 e. The monoisotopic (exact) mass is 335 g/mol. The van der Waals surface area contributed by atoms with Gasteiger partial charge in [-0.1, -0.05) is 6.92 Å². The van der Waals surface area contributed by atoms with Gasteiger partial charge in [0, 0.05) is 24.7 Å². The standard InChI is InChI=1S/C12H17NO6S2/c1-9-8-13(5-2-6-20(14,15)16)12-4-3-10(7-11(9)12)21(17,18)19/h3-4,7,9H,2,5-6,8H2,1H3,(H,14,15,16)(H,17,18,19). The molecule has 0 saturated heterocycles. The van der Waals surface area contributed by atoms with Crippen LogP contribution in [0.3, 0.4) is 0 Å². The van der Waals surface area contributed by atoms with Gasteiger partial charge in [0.1, 0.15) is 0 Å². The van der Waals surface area contributed by atoms with E-state index < -0.39 is 20.2 Å². The maximum absolute atomic E-state index is 11.2. The first-order valence-corrected chi connectivity index (χ1v) is 9.44. The zero-order valence-electron chi connectivity index (χ0n) is 11.4. The normalized spacial score (nSPS) is 18.8. The summed E-state index contributed by atoms with van der Waals surface area (Å²) in [5, 5.41) is 0. The van der Waals surface area contributed by atoms with Gasteiger partial charge in [-0.05, 0) is 30.2 Å². The molecular formula is C12H17NO6S2. The average Bonchev–Trinajstić information content (AvgIpc) is 2.63. The fourth-order valence-electron chi connectivity index (χ4n) is 2.55. The molecule has 2 rings (SSSR count). The third-order valence-electron chi connectivity index (χ3n) is 3.49. The highest BCUT2D eigenvalue weighted by Gasteiger charge is 2.27. The van der Waals surface area contributed by atoms with Gasteiger partial charge in [0.2, 0.25) is 0 Å². The van der Waals surface area contributed by atoms with Crippen LogP contribution in [-0.4, -0.2) is 44.8 Å². The quantitative estimate of drug-likeness (QED) is 0.776. The van der Waals surface area contributed by atoms with Gasteiger partial charge >= 0.3 is 0 Å². The molecule has 21 heavy (non-hydrogen) atoms. The van der Waals surface area contributed by atoms with E-state index in [0.717, 1.165) is 11.3 Å². The van der Waals surface area contributed by atoms with Crippen molar-refractivity contribution < 1.29 is 25.9 Å². The van der Waals surface area contributed by atoms with Crippen molar-refractivity contribution in [1.82, 2.24) is 0 Å². The van der Waals surface area contributed by atoms with E-state index in [1.807, 2.05) is 11.8 Å². The van der Waals surface area contributed by atoms with Crippen LogP contribution in [0.25, 0.3) is 0 Å². The third-order valence-corrected chi connectivity index (χ3v) is 5.15. The molecule has 1 aromatic rings. The van der Waals surface area contributed by atoms with E-state index in [4.69, 9.17) is 9.11 Å². The lowest BCUT2D eigenvalue weighted by Crippen LogP contribution is -2.24. The number of anilines is 1. The molecule has 0 aliphatic carbocycles. The Kier molecular flexibility index (Phi) is 4.29. The van der Waals surface area contributed by atoms with Crippen LogP contribution >= 0.6 is 0 Å². The Morgan fingerprint density at radius 3 is 2.48 bits per heavy atom. The summed E-state index contributed by atoms with van der Waals surface area (Å²) in [5.74, 6) is -0.233. The molecule has 1 aliphatic rings. The predicted molar refractivity (Wildman–Crippen MR) is 77.9 cm³/mol. The van der Waals surface area contributed by atoms with Gasteiger partial charge in [-0.3, -0.25) is 9.11 Å². The Balaban J connectivity index is 2.18. The van der Waals surface area contributed by atoms with Gasteiger partial charge in [0.25, 0.3) is 20.2 Å². The highest BCUT2D eigenvalue weighted by Crippen LogP contribution is 2.37. The molecule has 1 heterocycles. The van der Waals surface area contributed by atoms with E-state index in [-0.39, 0.29) is 23.0 Å². The van der Waals surface area contributed by atoms with Gasteiger partial charge in [-0.2, -0.15) is 16.8 Å². The van der Waals surface area contributed by atoms with Crippen molar-refractivity contribution in [3.63, 3.8) is 0 Å². The van der Waals surface area contributed by atoms with E-state index in [1.54, 1.807) is 6.07 Å². The Morgan fingerprint density at radius 1 is 1.24 bits per heavy atom. The van der Waals surface area contributed by atoms with E-state index in [0.29, 0.717) is 13.1 Å². The van der Waals surface area contributed by atoms with Crippen LogP contribution in [0.5, 0.6) is 0 Å². The van der Waals surface area contributed by atoms with E-state index in [1.165, 1.54) is 12.1 Å². The van der Waals surface area contributed by atoms with Gasteiger partial charge in [0.15, 0.2) is 0 Å². The topological polar surface area (TPSA) is 112 Å². The fraction of sp³-hybridized carbons (Fsp3) is 0.500. The second-order valence-corrected chi connectivity index (χ2v) is 8.18. The highest BCUT2D eigenvalue weighted by molar-refractivity contribution is 7.86. The molecular weight excluding hydrogens is 318 g/mol. The Bertz CT molecular complexity index is 741. The van der Waals surface area contributed by atoms with Gasteiger partial charge in [-0.25, -0.2) is 0 Å². The number of hydrogen-bond donors (Lipinski definition) is 2. The smallest absolute Gasteiger partial charge is 0.294 e. The number of benzene rings is 1. The predicted octanol–water partition coefficient (Wildman–Crippen LogP) is 1.13. The first kappa shape index (κ1) is 16.2. The van der Waals surface area contributed by atoms with Crippen LogP contribution in [0.4, 0.5) is 5.69 Å². The molecule has 0 bridgehead atoms. The lowest BCUT2D eigenvalue weighted by Gasteiger charge is -2.19. The van der Waals surface area contributed by atoms with E-state index >= 15 is 0 Å². The number of rotatable bonds is 5. The van der Waals surface area contributed by atoms with Crippen molar-refractivity contribution in [2.24, 2.45) is 0 Å². The number of hydrogen-bond acceptors (Lipinski definition) is 5. The highest BCUT2D eigenvalue weighted by atomic mass is 32.2. The summed E-state index contributed by atoms with van der Waals surface area (Å²) in [6.45, 7) is 3.01. The van der Waals surface area contributed by atoms with Crippen molar-refractivity contribution in [3.8, 4) is 0 Å². The minimum absolute atomic E-state index is 0.0763. The molecule has 1 aromatic carbocycles. The zero-order chi connectivity index (χ0) is 15.8. The summed E-state index contributed by atoms with van der Waals surface area (Å²) in [6.07, 6.45) is 0.283. The first-order valence-electron chi connectivity index (χ1n) is 6.39. The molecule has 7 nitrogen and oxygen atoms in total. The van der Waals surface area contributed by atoms with Crippen molar-refractivity contribution in [2.75, 3.05) is 23.7 Å². The molecule has 9 heteroatoms. The zero-order valence-corrected chi connectivity index (χ0v) is 13.1. The van der Waals surface area contributed by atoms with Gasteiger partial charge in [-0.15, -0.1) is 0 Å². The molecule has 1 unspecified atom stereocenters. The van der Waals surface area contributed by atoms with Crippen LogP contribution < -0.4 is 4.90 Å². The van der Waals surface area contributed by atoms with Crippen LogP contribution in [-0.2, 0) is 20.2 Å². The lowest BCUT2D eigenvalue weighted by atomic mass is 10.0. The molecule has 1 aliphatic heterocycles. The minimum atomic E-state index is -4.23. The lowest BCUT2D eigenvalue weighted by molar-refractivity contribution is 0.479. The summed E-state index contributed by atoms with van der Waals surface area (Å²) < 4.78 is 61.5. The van der Waals surface area contributed by atoms with Crippen molar-refractivity contribution >= 4 is 25.9 Å². The second-order valence-electron chi connectivity index (χ2n) is 5.18. The molecule has 1 atom stereocenters. The molecule has 0 fully saturated rings. The van der Waals surface area contributed by atoms with Crippen LogP contribution in [0, 0.1) is 0 Å². The average molecular weight is 335 g/mol. The van der Waals surface area contributed by atoms with Gasteiger partial charge in [0.05, 0.1) is 10.6 Å². The molecule has 0 saturated carbocycles. The van der Waals surface area contributed by atoms with Crippen LogP contribution in [0.2, 0.25) is 0 Å². The molecule has 118 valence electrons. The van der Waals surface area contributed by atoms with E-state index in [2.05, 4.69) is 0 Å². The van der Waals surface area contributed by atoms with Crippen molar-refractivity contribution in [2.45, 2.75) is 24.2 Å². The SMILES string of the molecule is CC1CN(CCCS(=O)(=O)O)c2ccc(S(=O)(=O)O)cc21. The van der Waals surface area contributed by atoms with E-state index in [9.17, 15) is 16.8 Å². The summed E-state index contributed by atoms with van der Waals surface area (Å²) in [4.78, 5) is 1.80. The van der Waals surface area contributed by atoms with Crippen LogP contribution in [0.1, 0.15) is 24.8 Å². The summed E-state index contributed by atoms with van der Waals surface area (Å²) >= 11 is 0. The molecule has 0 radical (unpaired) electrons. The van der Waals surface area contributed by atoms with Crippen LogP contribution in [0.15, 0.2) is 23.1 Å². The molecule has 0 spiro atoms. The summed E-state index contributed by atoms with van der Waals surface area (Å²) in [6, 6.07) is 4.37. The second kappa shape index (κ2) is 5.56. The fourth-order valence-corrected chi connectivity index (χ4v) is 3.56. The molecule has 0 aromatic heterocycles. The summed E-state index contributed by atoms with van der Waals surface area (Å²) in [5.41, 5.74) is 1.63. The number of fused-ring (bicyclic) bond motifs is 1. The maximum atomic E-state index is 11.2. The maximum Gasteiger partial charge on any atom is 0.294 e. The third kappa shape index (κ3) is 3.94. The number of nitrogens with zero attached hydrogens (tertiary/aromatic N) is 1. The first-order chi connectivity index (χ1) is 9.58. The Labute approximate surface area is 124 Å².